The highest BCUT2D eigenvalue weighted by atomic mass is 35.5. The topological polar surface area (TPSA) is 66.5 Å². The zero-order chi connectivity index (χ0) is 13.4. The maximum Gasteiger partial charge on any atom is 0.137 e. The van der Waals surface area contributed by atoms with Gasteiger partial charge in [-0.3, -0.25) is 5.10 Å². The first-order chi connectivity index (χ1) is 9.15. The maximum absolute atomic E-state index is 6.19. The molecule has 1 atom stereocenters. The summed E-state index contributed by atoms with van der Waals surface area (Å²) in [6.45, 7) is 4.00. The van der Waals surface area contributed by atoms with Crippen molar-refractivity contribution in [1.29, 1.82) is 0 Å². The fourth-order valence-corrected chi connectivity index (χ4v) is 2.13. The van der Waals surface area contributed by atoms with Gasteiger partial charge in [0, 0.05) is 23.2 Å². The van der Waals surface area contributed by atoms with Crippen LogP contribution in [0.3, 0.4) is 0 Å². The van der Waals surface area contributed by atoms with E-state index >= 15 is 0 Å². The van der Waals surface area contributed by atoms with Crippen molar-refractivity contribution in [3.8, 4) is 0 Å². The van der Waals surface area contributed by atoms with Gasteiger partial charge in [0.15, 0.2) is 0 Å². The van der Waals surface area contributed by atoms with Gasteiger partial charge in [-0.05, 0) is 26.7 Å². The first-order valence-electron chi connectivity index (χ1n) is 6.44. The van der Waals surface area contributed by atoms with Crippen molar-refractivity contribution in [1.82, 2.24) is 20.2 Å². The van der Waals surface area contributed by atoms with Crippen LogP contribution in [0, 0.1) is 6.92 Å². The number of hydrogen-bond donors (Lipinski definition) is 2. The summed E-state index contributed by atoms with van der Waals surface area (Å²) in [4.78, 5) is 8.97. The van der Waals surface area contributed by atoms with Crippen LogP contribution in [0.1, 0.15) is 48.7 Å². The molecule has 0 spiro atoms. The lowest BCUT2D eigenvalue weighted by atomic mass is 10.2. The first kappa shape index (κ1) is 12.4. The predicted molar refractivity (Wildman–Crippen MR) is 74.4 cm³/mol. The lowest BCUT2D eigenvalue weighted by molar-refractivity contribution is 0.849. The summed E-state index contributed by atoms with van der Waals surface area (Å²) in [5.74, 6) is 2.16. The van der Waals surface area contributed by atoms with Gasteiger partial charge in [-0.15, -0.1) is 0 Å². The van der Waals surface area contributed by atoms with Crippen molar-refractivity contribution in [2.24, 2.45) is 0 Å². The van der Waals surface area contributed by atoms with E-state index in [1.165, 1.54) is 0 Å². The Kier molecular flexibility index (Phi) is 3.14. The van der Waals surface area contributed by atoms with Crippen molar-refractivity contribution in [3.63, 3.8) is 0 Å². The Hall–Kier alpha value is -1.62. The zero-order valence-corrected chi connectivity index (χ0v) is 11.7. The van der Waals surface area contributed by atoms with Crippen LogP contribution in [0.4, 0.5) is 5.82 Å². The second-order valence-corrected chi connectivity index (χ2v) is 5.38. The van der Waals surface area contributed by atoms with E-state index in [1.54, 1.807) is 6.20 Å². The standard InChI is InChI=1S/C13H16ClN5/c1-7-11(14)18-13(9-3-4-9)19-12(7)17-8(2)10-5-15-16-6-10/h5-6,8-9H,3-4H2,1-2H3,(H,15,16)(H,17,18,19). The molecule has 0 amide bonds. The van der Waals surface area contributed by atoms with E-state index < -0.39 is 0 Å². The second-order valence-electron chi connectivity index (χ2n) is 5.02. The largest absolute Gasteiger partial charge is 0.363 e. The highest BCUT2D eigenvalue weighted by Gasteiger charge is 2.28. The molecule has 100 valence electrons. The molecule has 1 unspecified atom stereocenters. The molecule has 5 nitrogen and oxygen atoms in total. The molecule has 2 aromatic heterocycles. The molecule has 19 heavy (non-hydrogen) atoms. The predicted octanol–water partition coefficient (Wildman–Crippen LogP) is 3.21. The number of aromatic nitrogens is 4. The first-order valence-corrected chi connectivity index (χ1v) is 6.82. The number of nitrogens with one attached hydrogen (secondary N) is 2. The number of rotatable bonds is 4. The number of aromatic amines is 1. The van der Waals surface area contributed by atoms with E-state index in [9.17, 15) is 0 Å². The fourth-order valence-electron chi connectivity index (χ4n) is 1.96. The van der Waals surface area contributed by atoms with Gasteiger partial charge in [0.05, 0.1) is 12.2 Å². The molecule has 1 saturated carbocycles. The van der Waals surface area contributed by atoms with Gasteiger partial charge in [0.25, 0.3) is 0 Å². The average Bonchev–Trinajstić information content (AvgIpc) is 3.09. The third-order valence-electron chi connectivity index (χ3n) is 3.42. The zero-order valence-electron chi connectivity index (χ0n) is 10.9. The Bertz CT molecular complexity index is 577. The second kappa shape index (κ2) is 4.81. The summed E-state index contributed by atoms with van der Waals surface area (Å²) in [5.41, 5.74) is 1.98. The van der Waals surface area contributed by atoms with Crippen molar-refractivity contribution in [3.05, 3.63) is 34.5 Å². The van der Waals surface area contributed by atoms with Gasteiger partial charge in [-0.25, -0.2) is 9.97 Å². The average molecular weight is 278 g/mol. The molecule has 2 aromatic rings. The van der Waals surface area contributed by atoms with Crippen molar-refractivity contribution >= 4 is 17.4 Å². The lowest BCUT2D eigenvalue weighted by Crippen LogP contribution is -2.10. The van der Waals surface area contributed by atoms with Crippen LogP contribution in [0.2, 0.25) is 5.15 Å². The highest BCUT2D eigenvalue weighted by Crippen LogP contribution is 2.39. The summed E-state index contributed by atoms with van der Waals surface area (Å²) in [7, 11) is 0. The van der Waals surface area contributed by atoms with Gasteiger partial charge < -0.3 is 5.32 Å². The summed E-state index contributed by atoms with van der Waals surface area (Å²) >= 11 is 6.19. The monoisotopic (exact) mass is 277 g/mol. The van der Waals surface area contributed by atoms with Gasteiger partial charge >= 0.3 is 0 Å². The minimum atomic E-state index is 0.121. The summed E-state index contributed by atoms with van der Waals surface area (Å²) in [6, 6.07) is 0.121. The van der Waals surface area contributed by atoms with Crippen LogP contribution in [-0.2, 0) is 0 Å². The molecule has 1 fully saturated rings. The van der Waals surface area contributed by atoms with Crippen molar-refractivity contribution in [2.45, 2.75) is 38.6 Å². The molecule has 1 aliphatic carbocycles. The molecule has 6 heteroatoms. The molecule has 0 aromatic carbocycles. The van der Waals surface area contributed by atoms with Crippen LogP contribution in [0.5, 0.6) is 0 Å². The molecule has 0 saturated heterocycles. The fraction of sp³-hybridized carbons (Fsp3) is 0.462. The number of nitrogens with zero attached hydrogens (tertiary/aromatic N) is 3. The molecule has 0 bridgehead atoms. The normalized spacial score (nSPS) is 16.4. The quantitative estimate of drug-likeness (QED) is 0.842. The molecule has 2 heterocycles. The Balaban J connectivity index is 1.87. The van der Waals surface area contributed by atoms with E-state index in [4.69, 9.17) is 11.6 Å². The van der Waals surface area contributed by atoms with E-state index in [0.717, 1.165) is 35.6 Å². The minimum Gasteiger partial charge on any atom is -0.363 e. The van der Waals surface area contributed by atoms with E-state index in [1.807, 2.05) is 13.1 Å². The molecular formula is C13H16ClN5. The Morgan fingerprint density at radius 2 is 2.21 bits per heavy atom. The van der Waals surface area contributed by atoms with Crippen molar-refractivity contribution < 1.29 is 0 Å². The van der Waals surface area contributed by atoms with Gasteiger partial charge in [-0.1, -0.05) is 11.6 Å². The molecule has 1 aliphatic rings. The number of H-pyrrole nitrogens is 1. The van der Waals surface area contributed by atoms with E-state index in [2.05, 4.69) is 32.4 Å². The highest BCUT2D eigenvalue weighted by molar-refractivity contribution is 6.30. The SMILES string of the molecule is Cc1c(Cl)nc(C2CC2)nc1NC(C)c1cn[nH]c1. The molecule has 2 N–H and O–H groups in total. The number of anilines is 1. The van der Waals surface area contributed by atoms with Crippen LogP contribution < -0.4 is 5.32 Å². The molecule has 3 rings (SSSR count). The Labute approximate surface area is 116 Å². The van der Waals surface area contributed by atoms with Crippen molar-refractivity contribution in [2.75, 3.05) is 5.32 Å². The summed E-state index contributed by atoms with van der Waals surface area (Å²) in [5, 5.41) is 10.7. The van der Waals surface area contributed by atoms with Crippen LogP contribution in [-0.4, -0.2) is 20.2 Å². The van der Waals surface area contributed by atoms with Crippen LogP contribution >= 0.6 is 11.6 Å². The molecule has 0 radical (unpaired) electrons. The Morgan fingerprint density at radius 1 is 1.42 bits per heavy atom. The minimum absolute atomic E-state index is 0.121. The van der Waals surface area contributed by atoms with Gasteiger partial charge in [-0.2, -0.15) is 5.10 Å². The van der Waals surface area contributed by atoms with E-state index in [0.29, 0.717) is 11.1 Å². The molecular weight excluding hydrogens is 262 g/mol. The summed E-state index contributed by atoms with van der Waals surface area (Å²) in [6.07, 6.45) is 6.00. The maximum atomic E-state index is 6.19. The molecule has 0 aliphatic heterocycles. The smallest absolute Gasteiger partial charge is 0.137 e. The third-order valence-corrected chi connectivity index (χ3v) is 3.79. The van der Waals surface area contributed by atoms with E-state index in [-0.39, 0.29) is 6.04 Å². The lowest BCUT2D eigenvalue weighted by Gasteiger charge is -2.16. The number of halogens is 1. The van der Waals surface area contributed by atoms with Crippen LogP contribution in [0.25, 0.3) is 0 Å². The summed E-state index contributed by atoms with van der Waals surface area (Å²) < 4.78 is 0. The van der Waals surface area contributed by atoms with Gasteiger partial charge in [0.2, 0.25) is 0 Å². The van der Waals surface area contributed by atoms with Gasteiger partial charge in [0.1, 0.15) is 16.8 Å². The Morgan fingerprint density at radius 3 is 2.84 bits per heavy atom. The third kappa shape index (κ3) is 2.56. The van der Waals surface area contributed by atoms with Crippen LogP contribution in [0.15, 0.2) is 12.4 Å². The number of hydrogen-bond acceptors (Lipinski definition) is 4.